The van der Waals surface area contributed by atoms with Crippen LogP contribution in [0.5, 0.6) is 0 Å². The van der Waals surface area contributed by atoms with Crippen LogP contribution in [0.15, 0.2) is 0 Å². The molecule has 0 fully saturated rings. The Hall–Kier alpha value is -1.64. The molecule has 2 rings (SSSR count). The van der Waals surface area contributed by atoms with Crippen LogP contribution in [0.2, 0.25) is 0 Å². The number of aromatic nitrogens is 3. The molecule has 0 aliphatic carbocycles. The van der Waals surface area contributed by atoms with E-state index in [1.807, 2.05) is 0 Å². The minimum absolute atomic E-state index is 0.960. The molecule has 0 radical (unpaired) electrons. The number of nitrogens with zero attached hydrogens (tertiary/aromatic N) is 3. The minimum Gasteiger partial charge on any atom is -0.178 e. The molecule has 0 saturated carbocycles. The molecule has 0 unspecified atom stereocenters. The fourth-order valence-electron chi connectivity index (χ4n) is 4.56. The van der Waals surface area contributed by atoms with Crippen molar-refractivity contribution in [3.8, 4) is 11.4 Å². The summed E-state index contributed by atoms with van der Waals surface area (Å²) in [6.07, 6.45) is 5.35. The smallest absolute Gasteiger partial charge is 0.178 e. The first-order valence-corrected chi connectivity index (χ1v) is 10.1. The molecule has 0 aliphatic heterocycles. The van der Waals surface area contributed by atoms with Gasteiger partial charge in [-0.3, -0.25) is 0 Å². The van der Waals surface area contributed by atoms with E-state index in [1.54, 1.807) is 11.1 Å². The van der Waals surface area contributed by atoms with Crippen LogP contribution in [0, 0.1) is 6.92 Å². The summed E-state index contributed by atoms with van der Waals surface area (Å²) in [5.74, 6) is 2.32. The van der Waals surface area contributed by atoms with Crippen LogP contribution in [0.4, 0.5) is 0 Å². The van der Waals surface area contributed by atoms with Crippen LogP contribution in [0.1, 0.15) is 75.2 Å². The Balaban J connectivity index is 2.93. The lowest BCUT2D eigenvalue weighted by Crippen LogP contribution is -2.41. The first kappa shape index (κ1) is 19.7. The molecule has 1 heterocycles. The molecular weight excluding hydrogens is 306 g/mol. The van der Waals surface area contributed by atoms with Gasteiger partial charge in [0.05, 0.1) is 12.1 Å². The molecule has 0 amide bonds. The maximum atomic E-state index is 5.07. The van der Waals surface area contributed by atoms with Crippen molar-refractivity contribution in [2.24, 2.45) is 7.05 Å². The summed E-state index contributed by atoms with van der Waals surface area (Å²) in [5, 5.41) is 0. The topological polar surface area (TPSA) is 21.7 Å². The molecule has 1 aromatic heterocycles. The molecule has 0 bridgehead atoms. The molecule has 25 heavy (non-hydrogen) atoms. The van der Waals surface area contributed by atoms with Crippen molar-refractivity contribution in [3.05, 3.63) is 33.6 Å². The number of rotatable bonds is 7. The number of benzene rings is 1. The molecular formula is C22H36N3+. The average molecular weight is 343 g/mol. The molecule has 138 valence electrons. The van der Waals surface area contributed by atoms with Gasteiger partial charge >= 0.3 is 5.82 Å². The molecule has 0 atom stereocenters. The third-order valence-electron chi connectivity index (χ3n) is 5.68. The maximum absolute atomic E-state index is 5.07. The molecule has 0 spiro atoms. The Morgan fingerprint density at radius 2 is 1.28 bits per heavy atom. The minimum atomic E-state index is 0.960. The molecule has 0 saturated heterocycles. The zero-order valence-electron chi connectivity index (χ0n) is 17.6. The quantitative estimate of drug-likeness (QED) is 0.678. The van der Waals surface area contributed by atoms with E-state index in [-0.39, 0.29) is 0 Å². The van der Waals surface area contributed by atoms with Crippen LogP contribution in [0.25, 0.3) is 11.4 Å². The summed E-state index contributed by atoms with van der Waals surface area (Å²) in [6, 6.07) is 0. The first-order chi connectivity index (χ1) is 12.0. The zero-order valence-corrected chi connectivity index (χ0v) is 17.6. The lowest BCUT2D eigenvalue weighted by Gasteiger charge is -2.21. The summed E-state index contributed by atoms with van der Waals surface area (Å²) in [5.41, 5.74) is 9.01. The largest absolute Gasteiger partial charge is 0.351 e. The molecule has 2 aromatic rings. The second-order valence-electron chi connectivity index (χ2n) is 6.77. The number of hydrogen-bond acceptors (Lipinski definition) is 1. The van der Waals surface area contributed by atoms with Crippen LogP contribution in [0.3, 0.4) is 0 Å². The van der Waals surface area contributed by atoms with Crippen molar-refractivity contribution in [3.63, 3.8) is 0 Å². The van der Waals surface area contributed by atoms with Crippen molar-refractivity contribution >= 4 is 0 Å². The van der Waals surface area contributed by atoms with Crippen molar-refractivity contribution < 1.29 is 4.68 Å². The standard InChI is InChI=1S/C22H36N3/c1-9-16-15(7)21(19(12-4)18(11-3)17(16)10-2)22-23-20(13-5)25(14-6)24(22)8/h9-14H2,1-8H3/q+1. The van der Waals surface area contributed by atoms with Crippen LogP contribution >= 0.6 is 0 Å². The van der Waals surface area contributed by atoms with E-state index >= 15 is 0 Å². The highest BCUT2D eigenvalue weighted by Gasteiger charge is 2.29. The van der Waals surface area contributed by atoms with E-state index in [1.165, 1.54) is 28.1 Å². The van der Waals surface area contributed by atoms with Crippen LogP contribution in [-0.2, 0) is 45.7 Å². The van der Waals surface area contributed by atoms with Gasteiger partial charge in [-0.25, -0.2) is 0 Å². The van der Waals surface area contributed by atoms with Crippen molar-refractivity contribution in [1.29, 1.82) is 0 Å². The van der Waals surface area contributed by atoms with Crippen molar-refractivity contribution in [1.82, 2.24) is 9.67 Å². The van der Waals surface area contributed by atoms with Gasteiger partial charge in [-0.05, 0) is 72.3 Å². The normalized spacial score (nSPS) is 11.4. The molecule has 1 aromatic carbocycles. The highest BCUT2D eigenvalue weighted by molar-refractivity contribution is 5.69. The molecule has 0 N–H and O–H groups in total. The van der Waals surface area contributed by atoms with Gasteiger partial charge in [-0.2, -0.15) is 9.36 Å². The van der Waals surface area contributed by atoms with E-state index in [2.05, 4.69) is 64.9 Å². The average Bonchev–Trinajstić information content (AvgIpc) is 2.95. The fourth-order valence-corrected chi connectivity index (χ4v) is 4.56. The van der Waals surface area contributed by atoms with Gasteiger partial charge in [0.15, 0.2) is 0 Å². The van der Waals surface area contributed by atoms with Crippen molar-refractivity contribution in [2.75, 3.05) is 0 Å². The Morgan fingerprint density at radius 3 is 1.68 bits per heavy atom. The zero-order chi connectivity index (χ0) is 18.7. The third kappa shape index (κ3) is 3.14. The summed E-state index contributed by atoms with van der Waals surface area (Å²) in [4.78, 5) is 5.07. The van der Waals surface area contributed by atoms with E-state index in [4.69, 9.17) is 4.98 Å². The number of aryl methyl sites for hydroxylation is 1. The lowest BCUT2D eigenvalue weighted by atomic mass is 9.83. The fraction of sp³-hybridized carbons (Fsp3) is 0.636. The van der Waals surface area contributed by atoms with E-state index in [0.29, 0.717) is 0 Å². The summed E-state index contributed by atoms with van der Waals surface area (Å²) in [6.45, 7) is 16.8. The van der Waals surface area contributed by atoms with Crippen molar-refractivity contribution in [2.45, 2.75) is 87.1 Å². The van der Waals surface area contributed by atoms with Crippen LogP contribution < -0.4 is 4.68 Å². The van der Waals surface area contributed by atoms with Gasteiger partial charge in [0.1, 0.15) is 7.05 Å². The van der Waals surface area contributed by atoms with Gasteiger partial charge < -0.3 is 0 Å². The monoisotopic (exact) mass is 342 g/mol. The van der Waals surface area contributed by atoms with E-state index in [0.717, 1.165) is 44.5 Å². The predicted molar refractivity (Wildman–Crippen MR) is 106 cm³/mol. The Morgan fingerprint density at radius 1 is 0.760 bits per heavy atom. The van der Waals surface area contributed by atoms with E-state index < -0.39 is 0 Å². The molecule has 0 aliphatic rings. The predicted octanol–water partition coefficient (Wildman–Crippen LogP) is 4.51. The Bertz CT molecular complexity index is 754. The molecule has 3 heteroatoms. The molecule has 3 nitrogen and oxygen atoms in total. The highest BCUT2D eigenvalue weighted by Crippen LogP contribution is 2.35. The van der Waals surface area contributed by atoms with Gasteiger partial charge in [0.25, 0.3) is 5.82 Å². The second-order valence-corrected chi connectivity index (χ2v) is 6.77. The van der Waals surface area contributed by atoms with Crippen LogP contribution in [-0.4, -0.2) is 9.67 Å². The SMILES string of the molecule is CCc1c(C)c(-c2nc(CC)n(CC)[n+]2C)c(CC)c(CC)c1CC. The van der Waals surface area contributed by atoms with Gasteiger partial charge in [0.2, 0.25) is 0 Å². The van der Waals surface area contributed by atoms with E-state index in [9.17, 15) is 0 Å². The summed E-state index contributed by atoms with van der Waals surface area (Å²) < 4.78 is 4.57. The van der Waals surface area contributed by atoms with Gasteiger partial charge in [-0.1, -0.05) is 34.6 Å². The van der Waals surface area contributed by atoms with Gasteiger partial charge in [-0.15, -0.1) is 0 Å². The lowest BCUT2D eigenvalue weighted by molar-refractivity contribution is -0.744. The summed E-state index contributed by atoms with van der Waals surface area (Å²) in [7, 11) is 2.16. The summed E-state index contributed by atoms with van der Waals surface area (Å²) >= 11 is 0. The number of hydrogen-bond donors (Lipinski definition) is 0. The third-order valence-corrected chi connectivity index (χ3v) is 5.68. The first-order valence-electron chi connectivity index (χ1n) is 10.1. The second kappa shape index (κ2) is 8.16. The Labute approximate surface area is 154 Å². The van der Waals surface area contributed by atoms with Gasteiger partial charge in [0, 0.05) is 6.42 Å². The maximum Gasteiger partial charge on any atom is 0.351 e. The Kier molecular flexibility index (Phi) is 6.42. The highest BCUT2D eigenvalue weighted by atomic mass is 15.4.